The molecule has 2 atom stereocenters. The SMILES string of the molecule is CC(NC(Cc1ccccc1)C(=O)N1CCCCC1)c1cnccn1. The molecule has 0 bridgehead atoms. The van der Waals surface area contributed by atoms with Gasteiger partial charge in [-0.3, -0.25) is 20.1 Å². The Balaban J connectivity index is 1.74. The summed E-state index contributed by atoms with van der Waals surface area (Å²) in [6, 6.07) is 9.90. The number of piperidine rings is 1. The maximum Gasteiger partial charge on any atom is 0.240 e. The van der Waals surface area contributed by atoms with E-state index in [-0.39, 0.29) is 18.0 Å². The van der Waals surface area contributed by atoms with E-state index in [9.17, 15) is 4.79 Å². The van der Waals surface area contributed by atoms with Gasteiger partial charge >= 0.3 is 0 Å². The van der Waals surface area contributed by atoms with E-state index in [1.54, 1.807) is 18.6 Å². The minimum atomic E-state index is -0.252. The molecule has 1 N–H and O–H groups in total. The summed E-state index contributed by atoms with van der Waals surface area (Å²) in [4.78, 5) is 23.6. The largest absolute Gasteiger partial charge is 0.341 e. The number of amides is 1. The van der Waals surface area contributed by atoms with Crippen LogP contribution in [0.25, 0.3) is 0 Å². The third kappa shape index (κ3) is 4.86. The van der Waals surface area contributed by atoms with Gasteiger partial charge in [-0.1, -0.05) is 30.3 Å². The Morgan fingerprint density at radius 2 is 1.92 bits per heavy atom. The molecule has 1 aromatic heterocycles. The summed E-state index contributed by atoms with van der Waals surface area (Å²) in [6.45, 7) is 3.77. The highest BCUT2D eigenvalue weighted by Crippen LogP contribution is 2.16. The van der Waals surface area contributed by atoms with Gasteiger partial charge in [0, 0.05) is 37.7 Å². The van der Waals surface area contributed by atoms with Crippen LogP contribution in [-0.4, -0.2) is 39.9 Å². The Hall–Kier alpha value is -2.27. The van der Waals surface area contributed by atoms with Gasteiger partial charge in [0.15, 0.2) is 0 Å². The molecule has 5 heteroatoms. The van der Waals surface area contributed by atoms with Gasteiger partial charge in [-0.25, -0.2) is 0 Å². The zero-order valence-corrected chi connectivity index (χ0v) is 14.8. The number of aromatic nitrogens is 2. The number of hydrogen-bond acceptors (Lipinski definition) is 4. The molecule has 1 aliphatic rings. The number of carbonyl (C=O) groups is 1. The molecule has 1 amide bonds. The van der Waals surface area contributed by atoms with Crippen molar-refractivity contribution in [2.24, 2.45) is 0 Å². The van der Waals surface area contributed by atoms with Gasteiger partial charge < -0.3 is 4.90 Å². The summed E-state index contributed by atoms with van der Waals surface area (Å²) in [6.07, 6.45) is 9.20. The van der Waals surface area contributed by atoms with E-state index >= 15 is 0 Å². The minimum Gasteiger partial charge on any atom is -0.341 e. The molecule has 2 unspecified atom stereocenters. The summed E-state index contributed by atoms with van der Waals surface area (Å²) in [5.74, 6) is 0.194. The second-order valence-corrected chi connectivity index (χ2v) is 6.65. The predicted octanol–water partition coefficient (Wildman–Crippen LogP) is 2.75. The first-order chi connectivity index (χ1) is 12.2. The van der Waals surface area contributed by atoms with E-state index < -0.39 is 0 Å². The summed E-state index contributed by atoms with van der Waals surface area (Å²) >= 11 is 0. The van der Waals surface area contributed by atoms with E-state index in [1.165, 1.54) is 6.42 Å². The molecule has 0 saturated carbocycles. The first kappa shape index (κ1) is 17.5. The van der Waals surface area contributed by atoms with Crippen molar-refractivity contribution in [1.82, 2.24) is 20.2 Å². The van der Waals surface area contributed by atoms with E-state index in [4.69, 9.17) is 0 Å². The maximum atomic E-state index is 13.1. The molecule has 1 aliphatic heterocycles. The van der Waals surface area contributed by atoms with Gasteiger partial charge in [0.25, 0.3) is 0 Å². The number of rotatable bonds is 6. The molecule has 5 nitrogen and oxygen atoms in total. The molecule has 25 heavy (non-hydrogen) atoms. The fraction of sp³-hybridized carbons (Fsp3) is 0.450. The molecule has 0 radical (unpaired) electrons. The molecule has 1 aromatic carbocycles. The quantitative estimate of drug-likeness (QED) is 0.880. The molecule has 1 saturated heterocycles. The van der Waals surface area contributed by atoms with Crippen LogP contribution in [-0.2, 0) is 11.2 Å². The number of nitrogens with one attached hydrogen (secondary N) is 1. The molecule has 0 spiro atoms. The Labute approximate surface area is 149 Å². The molecular weight excluding hydrogens is 312 g/mol. The molecule has 3 rings (SSSR count). The minimum absolute atomic E-state index is 0.0313. The lowest BCUT2D eigenvalue weighted by Gasteiger charge is -2.32. The number of hydrogen-bond donors (Lipinski definition) is 1. The third-order valence-electron chi connectivity index (χ3n) is 4.73. The predicted molar refractivity (Wildman–Crippen MR) is 97.9 cm³/mol. The molecule has 132 valence electrons. The normalized spacial score (nSPS) is 17.1. The van der Waals surface area contributed by atoms with E-state index in [1.807, 2.05) is 30.0 Å². The Kier molecular flexibility index (Phi) is 6.12. The number of benzene rings is 1. The van der Waals surface area contributed by atoms with E-state index in [0.717, 1.165) is 37.2 Å². The zero-order chi connectivity index (χ0) is 17.5. The third-order valence-corrected chi connectivity index (χ3v) is 4.73. The lowest BCUT2D eigenvalue weighted by atomic mass is 10.0. The average Bonchev–Trinajstić information content (AvgIpc) is 2.69. The topological polar surface area (TPSA) is 58.1 Å². The molecule has 2 heterocycles. The molecule has 0 aliphatic carbocycles. The first-order valence-corrected chi connectivity index (χ1v) is 9.08. The average molecular weight is 338 g/mol. The van der Waals surface area contributed by atoms with Gasteiger partial charge in [0.05, 0.1) is 11.7 Å². The fourth-order valence-electron chi connectivity index (χ4n) is 3.32. The van der Waals surface area contributed by atoms with Crippen molar-refractivity contribution < 1.29 is 4.79 Å². The van der Waals surface area contributed by atoms with E-state index in [0.29, 0.717) is 6.42 Å². The summed E-state index contributed by atoms with van der Waals surface area (Å²) in [5.41, 5.74) is 2.02. The monoisotopic (exact) mass is 338 g/mol. The van der Waals surface area contributed by atoms with Crippen LogP contribution in [0.3, 0.4) is 0 Å². The van der Waals surface area contributed by atoms with Gasteiger partial charge in [-0.2, -0.15) is 0 Å². The lowest BCUT2D eigenvalue weighted by Crippen LogP contribution is -2.50. The Morgan fingerprint density at radius 3 is 2.60 bits per heavy atom. The first-order valence-electron chi connectivity index (χ1n) is 9.08. The van der Waals surface area contributed by atoms with Gasteiger partial charge in [0.1, 0.15) is 0 Å². The molecule has 1 fully saturated rings. The molecular formula is C20H26N4O. The second-order valence-electron chi connectivity index (χ2n) is 6.65. The van der Waals surface area contributed by atoms with Crippen LogP contribution in [0, 0.1) is 0 Å². The van der Waals surface area contributed by atoms with Crippen molar-refractivity contribution >= 4 is 5.91 Å². The summed E-state index contributed by atoms with van der Waals surface area (Å²) < 4.78 is 0. The number of likely N-dealkylation sites (tertiary alicyclic amines) is 1. The summed E-state index contributed by atoms with van der Waals surface area (Å²) in [7, 11) is 0. The smallest absolute Gasteiger partial charge is 0.240 e. The van der Waals surface area contributed by atoms with Crippen LogP contribution in [0.1, 0.15) is 43.5 Å². The highest BCUT2D eigenvalue weighted by atomic mass is 16.2. The zero-order valence-electron chi connectivity index (χ0n) is 14.8. The maximum absolute atomic E-state index is 13.1. The second kappa shape index (κ2) is 8.72. The van der Waals surface area contributed by atoms with Crippen molar-refractivity contribution in [2.45, 2.75) is 44.7 Å². The number of carbonyl (C=O) groups excluding carboxylic acids is 1. The van der Waals surface area contributed by atoms with Crippen molar-refractivity contribution in [3.05, 3.63) is 60.2 Å². The van der Waals surface area contributed by atoms with Gasteiger partial charge in [-0.05, 0) is 38.2 Å². The van der Waals surface area contributed by atoms with Crippen molar-refractivity contribution in [3.8, 4) is 0 Å². The van der Waals surface area contributed by atoms with Gasteiger partial charge in [0.2, 0.25) is 5.91 Å². The van der Waals surface area contributed by atoms with Crippen LogP contribution in [0.2, 0.25) is 0 Å². The highest BCUT2D eigenvalue weighted by Gasteiger charge is 2.27. The Bertz CT molecular complexity index is 656. The van der Waals surface area contributed by atoms with Gasteiger partial charge in [-0.15, -0.1) is 0 Å². The highest BCUT2D eigenvalue weighted by molar-refractivity contribution is 5.82. The van der Waals surface area contributed by atoms with Crippen LogP contribution in [0.4, 0.5) is 0 Å². The van der Waals surface area contributed by atoms with Crippen LogP contribution < -0.4 is 5.32 Å². The van der Waals surface area contributed by atoms with Crippen molar-refractivity contribution in [1.29, 1.82) is 0 Å². The molecule has 2 aromatic rings. The standard InChI is InChI=1S/C20H26N4O/c1-16(19-15-21-10-11-22-19)23-18(14-17-8-4-2-5-9-17)20(25)24-12-6-3-7-13-24/h2,4-5,8-11,15-16,18,23H,3,6-7,12-14H2,1H3. The Morgan fingerprint density at radius 1 is 1.16 bits per heavy atom. The van der Waals surface area contributed by atoms with Crippen LogP contribution >= 0.6 is 0 Å². The van der Waals surface area contributed by atoms with Crippen molar-refractivity contribution in [2.75, 3.05) is 13.1 Å². The van der Waals surface area contributed by atoms with Crippen molar-refractivity contribution in [3.63, 3.8) is 0 Å². The fourth-order valence-corrected chi connectivity index (χ4v) is 3.32. The van der Waals surface area contributed by atoms with E-state index in [2.05, 4.69) is 27.4 Å². The summed E-state index contributed by atoms with van der Waals surface area (Å²) in [5, 5.41) is 3.49. The van der Waals surface area contributed by atoms with Crippen LogP contribution in [0.5, 0.6) is 0 Å². The number of nitrogens with zero attached hydrogens (tertiary/aromatic N) is 3. The lowest BCUT2D eigenvalue weighted by molar-refractivity contribution is -0.134. The van der Waals surface area contributed by atoms with Crippen LogP contribution in [0.15, 0.2) is 48.9 Å².